The summed E-state index contributed by atoms with van der Waals surface area (Å²) in [6.45, 7) is 0. The van der Waals surface area contributed by atoms with Gasteiger partial charge in [-0.15, -0.1) is 11.8 Å². The Kier molecular flexibility index (Phi) is 2.86. The van der Waals surface area contributed by atoms with Crippen molar-refractivity contribution < 1.29 is 0 Å². The number of hydrogen-bond acceptors (Lipinski definition) is 1. The minimum atomic E-state index is 0.486. The van der Waals surface area contributed by atoms with E-state index < -0.39 is 0 Å². The molecule has 2 unspecified atom stereocenters. The van der Waals surface area contributed by atoms with Crippen LogP contribution in [0, 0.1) is 0 Å². The first-order valence-electron chi connectivity index (χ1n) is 8.66. The number of thioether (sulfide) groups is 1. The van der Waals surface area contributed by atoms with E-state index in [1.54, 1.807) is 0 Å². The second-order valence-corrected chi connectivity index (χ2v) is 8.73. The molecule has 1 aliphatic carbocycles. The van der Waals surface area contributed by atoms with E-state index in [4.69, 9.17) is 11.6 Å². The van der Waals surface area contributed by atoms with Gasteiger partial charge in [0.15, 0.2) is 0 Å². The van der Waals surface area contributed by atoms with Gasteiger partial charge < -0.3 is 0 Å². The quantitative estimate of drug-likeness (QED) is 0.359. The van der Waals surface area contributed by atoms with Crippen molar-refractivity contribution >= 4 is 28.9 Å². The molecule has 6 rings (SSSR count). The predicted molar refractivity (Wildman–Crippen MR) is 107 cm³/mol. The lowest BCUT2D eigenvalue weighted by Crippen LogP contribution is -2.00. The molecule has 2 atom stereocenters. The van der Waals surface area contributed by atoms with Crippen molar-refractivity contribution in [3.8, 4) is 11.1 Å². The van der Waals surface area contributed by atoms with E-state index >= 15 is 0 Å². The van der Waals surface area contributed by atoms with Crippen molar-refractivity contribution in [2.24, 2.45) is 0 Å². The van der Waals surface area contributed by atoms with Gasteiger partial charge in [0.25, 0.3) is 0 Å². The molecule has 120 valence electrons. The normalized spacial score (nSPS) is 21.7. The van der Waals surface area contributed by atoms with Crippen molar-refractivity contribution in [3.05, 3.63) is 99.6 Å². The topological polar surface area (TPSA) is 0 Å². The number of benzene rings is 3. The van der Waals surface area contributed by atoms with Gasteiger partial charge in [0.05, 0.1) is 5.25 Å². The summed E-state index contributed by atoms with van der Waals surface area (Å²) in [4.78, 5) is 0. The summed E-state index contributed by atoms with van der Waals surface area (Å²) in [5.74, 6) is 0. The van der Waals surface area contributed by atoms with E-state index in [2.05, 4.69) is 72.4 Å². The maximum Gasteiger partial charge on any atom is 0.0562 e. The van der Waals surface area contributed by atoms with Crippen LogP contribution in [0.4, 0.5) is 0 Å². The standard InChI is InChI=1S/C23H15ClS/c24-16-6-7-17-14(9-16)8-15-10-21-20(11-18(15)17)22-12-19(23(21)25-22)13-4-2-1-3-5-13/h1-7,9-12,22-23H,8H2. The highest BCUT2D eigenvalue weighted by atomic mass is 35.5. The van der Waals surface area contributed by atoms with E-state index in [0.717, 1.165) is 11.4 Å². The van der Waals surface area contributed by atoms with Gasteiger partial charge in [0.2, 0.25) is 0 Å². The molecule has 2 heterocycles. The van der Waals surface area contributed by atoms with Crippen LogP contribution in [0.1, 0.15) is 38.3 Å². The molecule has 0 aromatic heterocycles. The zero-order chi connectivity index (χ0) is 16.5. The monoisotopic (exact) mass is 358 g/mol. The van der Waals surface area contributed by atoms with Gasteiger partial charge in [-0.25, -0.2) is 0 Å². The third-order valence-electron chi connectivity index (χ3n) is 5.64. The predicted octanol–water partition coefficient (Wildman–Crippen LogP) is 6.84. The molecular formula is C23H15ClS. The van der Waals surface area contributed by atoms with Crippen molar-refractivity contribution in [1.29, 1.82) is 0 Å². The van der Waals surface area contributed by atoms with Gasteiger partial charge in [-0.3, -0.25) is 0 Å². The van der Waals surface area contributed by atoms with Crippen molar-refractivity contribution in [1.82, 2.24) is 0 Å². The molecular weight excluding hydrogens is 344 g/mol. The van der Waals surface area contributed by atoms with Crippen LogP contribution in [0.25, 0.3) is 16.7 Å². The van der Waals surface area contributed by atoms with E-state index in [1.165, 1.54) is 44.5 Å². The lowest BCUT2D eigenvalue weighted by molar-refractivity contribution is 1.13. The van der Waals surface area contributed by atoms with Crippen LogP contribution in [0.3, 0.4) is 0 Å². The van der Waals surface area contributed by atoms with Crippen LogP contribution in [0.2, 0.25) is 5.02 Å². The summed E-state index contributed by atoms with van der Waals surface area (Å²) < 4.78 is 0. The smallest absolute Gasteiger partial charge is 0.0562 e. The number of hydrogen-bond donors (Lipinski definition) is 0. The fourth-order valence-corrected chi connectivity index (χ4v) is 6.29. The third-order valence-corrected chi connectivity index (χ3v) is 7.34. The Hall–Kier alpha value is -1.96. The maximum absolute atomic E-state index is 6.20. The first kappa shape index (κ1) is 14.2. The highest BCUT2D eigenvalue weighted by Crippen LogP contribution is 2.63. The van der Waals surface area contributed by atoms with Crippen LogP contribution in [-0.2, 0) is 6.42 Å². The Morgan fingerprint density at radius 3 is 2.56 bits per heavy atom. The second kappa shape index (κ2) is 5.03. The molecule has 0 nitrogen and oxygen atoms in total. The molecule has 2 aliphatic heterocycles. The molecule has 0 radical (unpaired) electrons. The van der Waals surface area contributed by atoms with Gasteiger partial charge in [-0.2, -0.15) is 0 Å². The molecule has 2 bridgehead atoms. The van der Waals surface area contributed by atoms with Gasteiger partial charge in [-0.1, -0.05) is 60.1 Å². The van der Waals surface area contributed by atoms with Gasteiger partial charge >= 0.3 is 0 Å². The fourth-order valence-electron chi connectivity index (χ4n) is 4.52. The lowest BCUT2D eigenvalue weighted by atomic mass is 9.85. The van der Waals surface area contributed by atoms with Crippen LogP contribution in [0.5, 0.6) is 0 Å². The summed E-state index contributed by atoms with van der Waals surface area (Å²) in [7, 11) is 0. The molecule has 3 aromatic rings. The zero-order valence-electron chi connectivity index (χ0n) is 13.5. The summed E-state index contributed by atoms with van der Waals surface area (Å²) in [6.07, 6.45) is 3.47. The summed E-state index contributed by atoms with van der Waals surface area (Å²) in [5, 5.41) is 1.82. The molecule has 3 aromatic carbocycles. The first-order valence-corrected chi connectivity index (χ1v) is 9.98. The molecule has 0 spiro atoms. The number of halogens is 1. The van der Waals surface area contributed by atoms with Crippen molar-refractivity contribution in [2.45, 2.75) is 16.9 Å². The largest absolute Gasteiger partial charge is 0.136 e. The van der Waals surface area contributed by atoms with Crippen LogP contribution >= 0.6 is 23.4 Å². The highest BCUT2D eigenvalue weighted by molar-refractivity contribution is 8.01. The summed E-state index contributed by atoms with van der Waals surface area (Å²) >= 11 is 8.28. The average molecular weight is 359 g/mol. The van der Waals surface area contributed by atoms with Gasteiger partial charge in [-0.05, 0) is 69.1 Å². The molecule has 0 saturated carbocycles. The minimum absolute atomic E-state index is 0.486. The second-order valence-electron chi connectivity index (χ2n) is 7.04. The maximum atomic E-state index is 6.20. The molecule has 25 heavy (non-hydrogen) atoms. The fraction of sp³-hybridized carbons (Fsp3) is 0.130. The molecule has 2 heteroatoms. The molecule has 3 aliphatic rings. The van der Waals surface area contributed by atoms with E-state index in [-0.39, 0.29) is 0 Å². The van der Waals surface area contributed by atoms with Crippen LogP contribution in [0.15, 0.2) is 66.7 Å². The van der Waals surface area contributed by atoms with Crippen LogP contribution < -0.4 is 0 Å². The lowest BCUT2D eigenvalue weighted by Gasteiger charge is -2.18. The minimum Gasteiger partial charge on any atom is -0.136 e. The van der Waals surface area contributed by atoms with Gasteiger partial charge in [0, 0.05) is 10.3 Å². The molecule has 0 N–H and O–H groups in total. The van der Waals surface area contributed by atoms with E-state index in [0.29, 0.717) is 10.5 Å². The Morgan fingerprint density at radius 2 is 1.68 bits per heavy atom. The van der Waals surface area contributed by atoms with Gasteiger partial charge in [0.1, 0.15) is 0 Å². The number of fused-ring (bicyclic) bond motifs is 8. The summed E-state index contributed by atoms with van der Waals surface area (Å²) in [6, 6.07) is 22.1. The van der Waals surface area contributed by atoms with Crippen molar-refractivity contribution in [2.75, 3.05) is 0 Å². The number of rotatable bonds is 1. The Balaban J connectivity index is 1.47. The highest BCUT2D eigenvalue weighted by Gasteiger charge is 2.40. The van der Waals surface area contributed by atoms with Crippen LogP contribution in [-0.4, -0.2) is 0 Å². The molecule has 0 fully saturated rings. The average Bonchev–Trinajstić information content (AvgIpc) is 3.31. The van der Waals surface area contributed by atoms with Crippen molar-refractivity contribution in [3.63, 3.8) is 0 Å². The SMILES string of the molecule is Clc1ccc2c(c1)Cc1cc3c(cc1-2)C1C=C(c2ccccc2)C3S1. The van der Waals surface area contributed by atoms with E-state index in [9.17, 15) is 0 Å². The van der Waals surface area contributed by atoms with E-state index in [1.807, 2.05) is 6.07 Å². The third kappa shape index (κ3) is 1.97. The Morgan fingerprint density at radius 1 is 0.840 bits per heavy atom. The molecule has 0 amide bonds. The summed E-state index contributed by atoms with van der Waals surface area (Å²) in [5.41, 5.74) is 11.5. The molecule has 0 saturated heterocycles. The zero-order valence-corrected chi connectivity index (χ0v) is 15.1. The Labute approximate surface area is 156 Å². The first-order chi connectivity index (χ1) is 12.3. The Bertz CT molecular complexity index is 1060.